The van der Waals surface area contributed by atoms with Crippen LogP contribution in [0.3, 0.4) is 0 Å². The Labute approximate surface area is 176 Å². The standard InChI is InChI=1S/C20H15ClFN3O2S2/c21-16-11-15(8-9-17(16)22)24-29(26,27)19-13-25(12-14-5-2-1-3-6-14)23-20(19)18-7-4-10-28-18/h1-11,13,24H,12H2. The van der Waals surface area contributed by atoms with Crippen LogP contribution < -0.4 is 4.72 Å². The summed E-state index contributed by atoms with van der Waals surface area (Å²) in [6.07, 6.45) is 1.50. The molecule has 148 valence electrons. The molecule has 0 fully saturated rings. The van der Waals surface area contributed by atoms with Crippen molar-refractivity contribution >= 4 is 38.6 Å². The molecule has 0 saturated heterocycles. The van der Waals surface area contributed by atoms with E-state index in [0.717, 1.165) is 16.5 Å². The van der Waals surface area contributed by atoms with Gasteiger partial charge in [-0.1, -0.05) is 48.0 Å². The molecule has 4 rings (SSSR count). The van der Waals surface area contributed by atoms with Gasteiger partial charge < -0.3 is 0 Å². The average molecular weight is 448 g/mol. The zero-order valence-corrected chi connectivity index (χ0v) is 17.3. The lowest BCUT2D eigenvalue weighted by Gasteiger charge is -2.08. The van der Waals surface area contributed by atoms with Crippen molar-refractivity contribution in [3.63, 3.8) is 0 Å². The molecule has 1 N–H and O–H groups in total. The van der Waals surface area contributed by atoms with Crippen LogP contribution in [0.15, 0.2) is 77.1 Å². The molecule has 9 heteroatoms. The van der Waals surface area contributed by atoms with Gasteiger partial charge in [0.25, 0.3) is 10.0 Å². The largest absolute Gasteiger partial charge is 0.279 e. The maximum atomic E-state index is 13.4. The van der Waals surface area contributed by atoms with Crippen LogP contribution in [0.5, 0.6) is 0 Å². The first-order valence-corrected chi connectivity index (χ1v) is 11.3. The first-order valence-electron chi connectivity index (χ1n) is 8.55. The van der Waals surface area contributed by atoms with Crippen molar-refractivity contribution in [2.24, 2.45) is 0 Å². The van der Waals surface area contributed by atoms with Gasteiger partial charge in [0, 0.05) is 6.20 Å². The molecule has 0 bridgehead atoms. The van der Waals surface area contributed by atoms with E-state index in [0.29, 0.717) is 12.2 Å². The van der Waals surface area contributed by atoms with Gasteiger partial charge in [-0.3, -0.25) is 9.40 Å². The Bertz CT molecular complexity index is 1240. The van der Waals surface area contributed by atoms with E-state index in [1.54, 1.807) is 4.68 Å². The second-order valence-corrected chi connectivity index (χ2v) is 9.24. The Kier molecular flexibility index (Phi) is 5.40. The lowest BCUT2D eigenvalue weighted by atomic mass is 10.2. The van der Waals surface area contributed by atoms with E-state index < -0.39 is 15.8 Å². The van der Waals surface area contributed by atoms with Crippen LogP contribution in [0.25, 0.3) is 10.6 Å². The third-order valence-corrected chi connectivity index (χ3v) is 6.68. The van der Waals surface area contributed by atoms with Crippen molar-refractivity contribution in [2.75, 3.05) is 4.72 Å². The summed E-state index contributed by atoms with van der Waals surface area (Å²) in [6.45, 7) is 0.428. The predicted molar refractivity (Wildman–Crippen MR) is 113 cm³/mol. The van der Waals surface area contributed by atoms with Crippen LogP contribution in [-0.4, -0.2) is 18.2 Å². The molecule has 2 heterocycles. The number of nitrogens with one attached hydrogen (secondary N) is 1. The lowest BCUT2D eigenvalue weighted by Crippen LogP contribution is -2.13. The zero-order valence-electron chi connectivity index (χ0n) is 14.9. The summed E-state index contributed by atoms with van der Waals surface area (Å²) in [7, 11) is -3.98. The number of thiophene rings is 1. The highest BCUT2D eigenvalue weighted by Gasteiger charge is 2.25. The molecule has 29 heavy (non-hydrogen) atoms. The number of nitrogens with zero attached hydrogens (tertiary/aromatic N) is 2. The number of anilines is 1. The van der Waals surface area contributed by atoms with Crippen molar-refractivity contribution in [1.29, 1.82) is 0 Å². The summed E-state index contributed by atoms with van der Waals surface area (Å²) in [4.78, 5) is 0.769. The van der Waals surface area contributed by atoms with E-state index in [-0.39, 0.29) is 15.6 Å². The van der Waals surface area contributed by atoms with E-state index in [4.69, 9.17) is 11.6 Å². The van der Waals surface area contributed by atoms with Gasteiger partial charge in [0.05, 0.1) is 22.1 Å². The van der Waals surface area contributed by atoms with E-state index in [2.05, 4.69) is 9.82 Å². The van der Waals surface area contributed by atoms with Crippen molar-refractivity contribution in [3.05, 3.63) is 88.6 Å². The first kappa shape index (κ1) is 19.6. The molecular weight excluding hydrogens is 433 g/mol. The van der Waals surface area contributed by atoms with E-state index in [9.17, 15) is 12.8 Å². The maximum absolute atomic E-state index is 13.4. The number of sulfonamides is 1. The molecule has 0 spiro atoms. The Morgan fingerprint density at radius 3 is 2.59 bits per heavy atom. The number of hydrogen-bond donors (Lipinski definition) is 1. The maximum Gasteiger partial charge on any atom is 0.265 e. The number of halogens is 2. The fourth-order valence-corrected chi connectivity index (χ4v) is 4.99. The summed E-state index contributed by atoms with van der Waals surface area (Å²) >= 11 is 7.17. The number of benzene rings is 2. The third-order valence-electron chi connectivity index (χ3n) is 4.13. The van der Waals surface area contributed by atoms with Crippen molar-refractivity contribution in [2.45, 2.75) is 11.4 Å². The van der Waals surface area contributed by atoms with Gasteiger partial charge in [0.2, 0.25) is 0 Å². The quantitative estimate of drug-likeness (QED) is 0.439. The normalized spacial score (nSPS) is 11.5. The summed E-state index contributed by atoms with van der Waals surface area (Å²) in [5.41, 5.74) is 1.52. The Hall–Kier alpha value is -2.68. The summed E-state index contributed by atoms with van der Waals surface area (Å²) < 4.78 is 43.6. The highest BCUT2D eigenvalue weighted by atomic mass is 35.5. The fourth-order valence-electron chi connectivity index (χ4n) is 2.80. The summed E-state index contributed by atoms with van der Waals surface area (Å²) in [5.74, 6) is -0.621. The zero-order chi connectivity index (χ0) is 20.4. The third kappa shape index (κ3) is 4.34. The molecule has 0 radical (unpaired) electrons. The lowest BCUT2D eigenvalue weighted by molar-refractivity contribution is 0.600. The average Bonchev–Trinajstić information content (AvgIpc) is 3.35. The second kappa shape index (κ2) is 7.98. The number of rotatable bonds is 6. The van der Waals surface area contributed by atoms with Crippen LogP contribution >= 0.6 is 22.9 Å². The minimum Gasteiger partial charge on any atom is -0.279 e. The Balaban J connectivity index is 1.73. The van der Waals surface area contributed by atoms with Gasteiger partial charge in [-0.15, -0.1) is 11.3 Å². The van der Waals surface area contributed by atoms with E-state index in [1.807, 2.05) is 47.8 Å². The van der Waals surface area contributed by atoms with Crippen LogP contribution in [0, 0.1) is 5.82 Å². The summed E-state index contributed by atoms with van der Waals surface area (Å²) in [5, 5.41) is 6.20. The molecule has 0 aliphatic carbocycles. The molecule has 0 amide bonds. The highest BCUT2D eigenvalue weighted by molar-refractivity contribution is 7.92. The van der Waals surface area contributed by atoms with Gasteiger partial charge in [0.1, 0.15) is 16.4 Å². The molecule has 5 nitrogen and oxygen atoms in total. The van der Waals surface area contributed by atoms with Gasteiger partial charge in [0.15, 0.2) is 0 Å². The molecule has 2 aromatic heterocycles. The topological polar surface area (TPSA) is 64.0 Å². The van der Waals surface area contributed by atoms with Crippen molar-refractivity contribution in [3.8, 4) is 10.6 Å². The van der Waals surface area contributed by atoms with Crippen LogP contribution in [-0.2, 0) is 16.6 Å². The molecule has 4 aromatic rings. The predicted octanol–water partition coefficient (Wildman–Crippen LogP) is 5.25. The number of hydrogen-bond acceptors (Lipinski definition) is 4. The van der Waals surface area contributed by atoms with Gasteiger partial charge in [-0.2, -0.15) is 5.10 Å². The van der Waals surface area contributed by atoms with E-state index in [1.165, 1.54) is 29.7 Å². The Morgan fingerprint density at radius 1 is 1.10 bits per heavy atom. The van der Waals surface area contributed by atoms with Gasteiger partial charge in [-0.25, -0.2) is 12.8 Å². The smallest absolute Gasteiger partial charge is 0.265 e. The molecule has 0 saturated carbocycles. The van der Waals surface area contributed by atoms with Gasteiger partial charge in [-0.05, 0) is 35.2 Å². The molecule has 0 unspecified atom stereocenters. The second-order valence-electron chi connectivity index (χ2n) is 6.24. The monoisotopic (exact) mass is 447 g/mol. The first-order chi connectivity index (χ1) is 13.9. The number of aromatic nitrogens is 2. The van der Waals surface area contributed by atoms with Crippen molar-refractivity contribution in [1.82, 2.24) is 9.78 Å². The Morgan fingerprint density at radius 2 is 1.90 bits per heavy atom. The van der Waals surface area contributed by atoms with Gasteiger partial charge >= 0.3 is 0 Å². The minimum atomic E-state index is -3.98. The molecule has 0 aliphatic rings. The van der Waals surface area contributed by atoms with Crippen LogP contribution in [0.4, 0.5) is 10.1 Å². The molecule has 0 aliphatic heterocycles. The van der Waals surface area contributed by atoms with Crippen LogP contribution in [0.2, 0.25) is 5.02 Å². The minimum absolute atomic E-state index is 0.0383. The van der Waals surface area contributed by atoms with Crippen LogP contribution in [0.1, 0.15) is 5.56 Å². The molecular formula is C20H15ClFN3O2S2. The molecule has 2 aromatic carbocycles. The SMILES string of the molecule is O=S(=O)(Nc1ccc(F)c(Cl)c1)c1cn(Cc2ccccc2)nc1-c1cccs1. The fraction of sp³-hybridized carbons (Fsp3) is 0.0500. The molecule has 0 atom stereocenters. The van der Waals surface area contributed by atoms with E-state index >= 15 is 0 Å². The summed E-state index contributed by atoms with van der Waals surface area (Å²) in [6, 6.07) is 16.9. The van der Waals surface area contributed by atoms with Crippen molar-refractivity contribution < 1.29 is 12.8 Å². The highest BCUT2D eigenvalue weighted by Crippen LogP contribution is 2.31.